The Balaban J connectivity index is 3.03. The van der Waals surface area contributed by atoms with E-state index in [2.05, 4.69) is 45.6 Å². The first kappa shape index (κ1) is 21.2. The van der Waals surface area contributed by atoms with E-state index < -0.39 is 0 Å². The van der Waals surface area contributed by atoms with Crippen molar-refractivity contribution < 1.29 is 14.2 Å². The summed E-state index contributed by atoms with van der Waals surface area (Å²) in [5.41, 5.74) is 0.400. The summed E-state index contributed by atoms with van der Waals surface area (Å²) in [6.45, 7) is 14.7. The van der Waals surface area contributed by atoms with Gasteiger partial charge in [-0.2, -0.15) is 12.6 Å². The van der Waals surface area contributed by atoms with Gasteiger partial charge in [-0.3, -0.25) is 0 Å². The second kappa shape index (κ2) is 13.8. The molecular weight excluding hydrogens is 286 g/mol. The maximum Gasteiger partial charge on any atom is 0.0701 e. The van der Waals surface area contributed by atoms with Crippen LogP contribution >= 0.6 is 12.6 Å². The Bertz CT molecular complexity index is 220. The molecule has 0 aliphatic rings. The van der Waals surface area contributed by atoms with Gasteiger partial charge in [0.25, 0.3) is 0 Å². The van der Waals surface area contributed by atoms with Crippen LogP contribution in [0.4, 0.5) is 0 Å². The molecule has 0 heterocycles. The van der Waals surface area contributed by atoms with Crippen LogP contribution in [0.25, 0.3) is 0 Å². The number of nitrogens with one attached hydrogen (secondary N) is 1. The largest absolute Gasteiger partial charge is 0.379 e. The molecule has 0 fully saturated rings. The first-order valence-corrected chi connectivity index (χ1v) is 8.55. The monoisotopic (exact) mass is 321 g/mol. The minimum atomic E-state index is 0.386. The molecule has 0 aromatic rings. The second-order valence-corrected chi connectivity index (χ2v) is 7.44. The highest BCUT2D eigenvalue weighted by molar-refractivity contribution is 7.80. The van der Waals surface area contributed by atoms with E-state index in [4.69, 9.17) is 14.2 Å². The zero-order chi connectivity index (χ0) is 16.0. The summed E-state index contributed by atoms with van der Waals surface area (Å²) in [4.78, 5) is 0. The Morgan fingerprint density at radius 2 is 1.43 bits per heavy atom. The van der Waals surface area contributed by atoms with Crippen LogP contribution in [0.3, 0.4) is 0 Å². The van der Waals surface area contributed by atoms with Crippen LogP contribution in [0.5, 0.6) is 0 Å². The quantitative estimate of drug-likeness (QED) is 0.381. The molecule has 0 radical (unpaired) electrons. The molecule has 1 N–H and O–H groups in total. The average molecular weight is 322 g/mol. The minimum absolute atomic E-state index is 0.386. The third kappa shape index (κ3) is 20.2. The van der Waals surface area contributed by atoms with Gasteiger partial charge in [0, 0.05) is 24.9 Å². The molecule has 4 nitrogen and oxygen atoms in total. The standard InChI is InChI=1S/C16H35NO3S/c1-15(21)14-17-7-9-19-11-13-20-12-10-18-8-5-6-16(2,3)4/h15,17,21H,5-14H2,1-4H3. The van der Waals surface area contributed by atoms with Crippen molar-refractivity contribution in [1.82, 2.24) is 5.32 Å². The fraction of sp³-hybridized carbons (Fsp3) is 1.00. The van der Waals surface area contributed by atoms with Gasteiger partial charge in [0.1, 0.15) is 0 Å². The third-order valence-electron chi connectivity index (χ3n) is 2.82. The van der Waals surface area contributed by atoms with E-state index in [-0.39, 0.29) is 0 Å². The van der Waals surface area contributed by atoms with Crippen molar-refractivity contribution in [3.63, 3.8) is 0 Å². The molecule has 0 bridgehead atoms. The van der Waals surface area contributed by atoms with E-state index >= 15 is 0 Å². The van der Waals surface area contributed by atoms with Crippen LogP contribution in [0.2, 0.25) is 0 Å². The Labute approximate surface area is 136 Å². The zero-order valence-corrected chi connectivity index (χ0v) is 15.2. The third-order valence-corrected chi connectivity index (χ3v) is 3.00. The number of hydrogen-bond acceptors (Lipinski definition) is 5. The minimum Gasteiger partial charge on any atom is -0.379 e. The molecule has 0 spiro atoms. The van der Waals surface area contributed by atoms with Crippen LogP contribution in [-0.2, 0) is 14.2 Å². The van der Waals surface area contributed by atoms with Gasteiger partial charge >= 0.3 is 0 Å². The second-order valence-electron chi connectivity index (χ2n) is 6.55. The lowest BCUT2D eigenvalue weighted by atomic mass is 9.91. The highest BCUT2D eigenvalue weighted by Gasteiger charge is 2.08. The van der Waals surface area contributed by atoms with E-state index in [1.54, 1.807) is 0 Å². The fourth-order valence-electron chi connectivity index (χ4n) is 1.70. The van der Waals surface area contributed by atoms with E-state index in [0.717, 1.165) is 26.1 Å². The van der Waals surface area contributed by atoms with Crippen LogP contribution in [0, 0.1) is 5.41 Å². The van der Waals surface area contributed by atoms with Crippen LogP contribution in [-0.4, -0.2) is 58.0 Å². The van der Waals surface area contributed by atoms with Crippen LogP contribution < -0.4 is 5.32 Å². The molecule has 0 saturated heterocycles. The average Bonchev–Trinajstić information content (AvgIpc) is 2.37. The molecule has 1 unspecified atom stereocenters. The number of ether oxygens (including phenoxy) is 3. The van der Waals surface area contributed by atoms with Gasteiger partial charge in [0.2, 0.25) is 0 Å². The predicted molar refractivity (Wildman–Crippen MR) is 92.5 cm³/mol. The summed E-state index contributed by atoms with van der Waals surface area (Å²) in [6, 6.07) is 0. The molecule has 1 atom stereocenters. The Kier molecular flexibility index (Phi) is 14.0. The van der Waals surface area contributed by atoms with Crippen LogP contribution in [0.15, 0.2) is 0 Å². The van der Waals surface area contributed by atoms with Gasteiger partial charge in [0.15, 0.2) is 0 Å². The van der Waals surface area contributed by atoms with E-state index in [9.17, 15) is 0 Å². The number of hydrogen-bond donors (Lipinski definition) is 2. The molecule has 0 saturated carbocycles. The van der Waals surface area contributed by atoms with Gasteiger partial charge in [-0.1, -0.05) is 27.7 Å². The van der Waals surface area contributed by atoms with Crippen molar-refractivity contribution in [2.24, 2.45) is 5.41 Å². The van der Waals surface area contributed by atoms with Crippen molar-refractivity contribution in [3.05, 3.63) is 0 Å². The molecule has 0 aromatic heterocycles. The maximum absolute atomic E-state index is 5.53. The van der Waals surface area contributed by atoms with E-state index in [0.29, 0.717) is 43.7 Å². The molecule has 0 aliphatic heterocycles. The Morgan fingerprint density at radius 1 is 0.905 bits per heavy atom. The maximum atomic E-state index is 5.53. The van der Waals surface area contributed by atoms with Crippen molar-refractivity contribution in [2.75, 3.05) is 52.7 Å². The summed E-state index contributed by atoms with van der Waals surface area (Å²) in [6.07, 6.45) is 2.31. The molecular formula is C16H35NO3S. The topological polar surface area (TPSA) is 39.7 Å². The Morgan fingerprint density at radius 3 is 1.95 bits per heavy atom. The smallest absolute Gasteiger partial charge is 0.0701 e. The van der Waals surface area contributed by atoms with Crippen molar-refractivity contribution in [2.45, 2.75) is 45.8 Å². The zero-order valence-electron chi connectivity index (χ0n) is 14.3. The summed E-state index contributed by atoms with van der Waals surface area (Å²) in [5, 5.41) is 3.65. The lowest BCUT2D eigenvalue weighted by molar-refractivity contribution is 0.0136. The van der Waals surface area contributed by atoms with E-state index in [1.165, 1.54) is 6.42 Å². The van der Waals surface area contributed by atoms with Gasteiger partial charge < -0.3 is 19.5 Å². The first-order chi connectivity index (χ1) is 9.92. The normalized spacial score (nSPS) is 13.6. The molecule has 0 aromatic carbocycles. The van der Waals surface area contributed by atoms with Gasteiger partial charge in [-0.05, 0) is 18.3 Å². The summed E-state index contributed by atoms with van der Waals surface area (Å²) in [5.74, 6) is 0. The molecule has 0 rings (SSSR count). The number of rotatable bonds is 14. The molecule has 0 aliphatic carbocycles. The van der Waals surface area contributed by atoms with Gasteiger partial charge in [-0.15, -0.1) is 0 Å². The molecule has 21 heavy (non-hydrogen) atoms. The SMILES string of the molecule is CC(S)CNCCOCCOCCOCCCC(C)(C)C. The highest BCUT2D eigenvalue weighted by atomic mass is 32.1. The lowest BCUT2D eigenvalue weighted by Gasteiger charge is -2.17. The van der Waals surface area contributed by atoms with Crippen molar-refractivity contribution in [3.8, 4) is 0 Å². The van der Waals surface area contributed by atoms with Crippen molar-refractivity contribution >= 4 is 12.6 Å². The summed E-state index contributed by atoms with van der Waals surface area (Å²) in [7, 11) is 0. The molecule has 5 heteroatoms. The fourth-order valence-corrected chi connectivity index (χ4v) is 1.83. The first-order valence-electron chi connectivity index (χ1n) is 8.04. The number of thiol groups is 1. The molecule has 0 amide bonds. The van der Waals surface area contributed by atoms with Crippen LogP contribution in [0.1, 0.15) is 40.5 Å². The van der Waals surface area contributed by atoms with Gasteiger partial charge in [-0.25, -0.2) is 0 Å². The predicted octanol–water partition coefficient (Wildman–Crippen LogP) is 2.77. The lowest BCUT2D eigenvalue weighted by Crippen LogP contribution is -2.25. The Hall–Kier alpha value is 0.190. The molecule has 128 valence electrons. The van der Waals surface area contributed by atoms with Crippen molar-refractivity contribution in [1.29, 1.82) is 0 Å². The van der Waals surface area contributed by atoms with Gasteiger partial charge in [0.05, 0.1) is 33.0 Å². The summed E-state index contributed by atoms with van der Waals surface area (Å²) >= 11 is 4.29. The summed E-state index contributed by atoms with van der Waals surface area (Å²) < 4.78 is 16.4. The van der Waals surface area contributed by atoms with E-state index in [1.807, 2.05) is 0 Å². The highest BCUT2D eigenvalue weighted by Crippen LogP contribution is 2.20.